The molecule has 0 aliphatic rings. The molecule has 0 aliphatic carbocycles. The standard InChI is InChI=1S/C19H23FN2O3S/c1-5-18(19(23)21-17-8-6-7-13(2)14(17)3)22(26(4,24)25)16-11-9-15(20)10-12-16/h6-12,18H,5H2,1-4H3,(H,21,23)/t18-/m1/s1. The quantitative estimate of drug-likeness (QED) is 0.835. The van der Waals surface area contributed by atoms with Gasteiger partial charge in [-0.2, -0.15) is 0 Å². The molecule has 1 atom stereocenters. The van der Waals surface area contributed by atoms with Gasteiger partial charge in [0.25, 0.3) is 0 Å². The number of anilines is 2. The van der Waals surface area contributed by atoms with Crippen LogP contribution < -0.4 is 9.62 Å². The summed E-state index contributed by atoms with van der Waals surface area (Å²) in [5.74, 6) is -0.911. The second kappa shape index (κ2) is 7.86. The lowest BCUT2D eigenvalue weighted by Gasteiger charge is -2.30. The number of nitrogens with one attached hydrogen (secondary N) is 1. The van der Waals surface area contributed by atoms with E-state index in [9.17, 15) is 17.6 Å². The molecule has 26 heavy (non-hydrogen) atoms. The largest absolute Gasteiger partial charge is 0.324 e. The molecule has 0 heterocycles. The van der Waals surface area contributed by atoms with Gasteiger partial charge in [-0.3, -0.25) is 9.10 Å². The Balaban J connectivity index is 2.40. The minimum Gasteiger partial charge on any atom is -0.324 e. The summed E-state index contributed by atoms with van der Waals surface area (Å²) in [4.78, 5) is 12.8. The zero-order valence-electron chi connectivity index (χ0n) is 15.3. The van der Waals surface area contributed by atoms with Crippen molar-refractivity contribution in [2.24, 2.45) is 0 Å². The Bertz CT molecular complexity index is 896. The Morgan fingerprint density at radius 2 is 1.77 bits per heavy atom. The van der Waals surface area contributed by atoms with Gasteiger partial charge in [0.15, 0.2) is 0 Å². The number of hydrogen-bond acceptors (Lipinski definition) is 3. The van der Waals surface area contributed by atoms with E-state index < -0.39 is 27.8 Å². The van der Waals surface area contributed by atoms with Crippen molar-refractivity contribution in [1.29, 1.82) is 0 Å². The molecule has 0 aromatic heterocycles. The topological polar surface area (TPSA) is 66.5 Å². The number of benzene rings is 2. The predicted octanol–water partition coefficient (Wildman–Crippen LogP) is 3.63. The van der Waals surface area contributed by atoms with Gasteiger partial charge in [0.2, 0.25) is 15.9 Å². The highest BCUT2D eigenvalue weighted by molar-refractivity contribution is 7.92. The normalized spacial score (nSPS) is 12.5. The van der Waals surface area contributed by atoms with Gasteiger partial charge in [-0.25, -0.2) is 12.8 Å². The molecule has 0 aliphatic heterocycles. The van der Waals surface area contributed by atoms with E-state index in [1.807, 2.05) is 26.0 Å². The summed E-state index contributed by atoms with van der Waals surface area (Å²) >= 11 is 0. The van der Waals surface area contributed by atoms with Crippen LogP contribution in [0.1, 0.15) is 24.5 Å². The Morgan fingerprint density at radius 1 is 1.15 bits per heavy atom. The third-order valence-corrected chi connectivity index (χ3v) is 5.45. The van der Waals surface area contributed by atoms with Gasteiger partial charge in [-0.05, 0) is 61.7 Å². The molecule has 0 saturated heterocycles. The van der Waals surface area contributed by atoms with E-state index in [0.29, 0.717) is 5.69 Å². The molecule has 0 saturated carbocycles. The number of rotatable bonds is 6. The Labute approximate surface area is 153 Å². The van der Waals surface area contributed by atoms with E-state index in [2.05, 4.69) is 5.32 Å². The summed E-state index contributed by atoms with van der Waals surface area (Å²) in [6, 6.07) is 9.63. The molecular formula is C19H23FN2O3S. The van der Waals surface area contributed by atoms with Crippen molar-refractivity contribution >= 4 is 27.3 Å². The van der Waals surface area contributed by atoms with Crippen molar-refractivity contribution < 1.29 is 17.6 Å². The zero-order valence-corrected chi connectivity index (χ0v) is 16.1. The van der Waals surface area contributed by atoms with E-state index in [4.69, 9.17) is 0 Å². The highest BCUT2D eigenvalue weighted by atomic mass is 32.2. The van der Waals surface area contributed by atoms with Gasteiger partial charge in [0.1, 0.15) is 11.9 Å². The molecule has 1 amide bonds. The van der Waals surface area contributed by atoms with Crippen LogP contribution >= 0.6 is 0 Å². The summed E-state index contributed by atoms with van der Waals surface area (Å²) in [5, 5.41) is 2.82. The highest BCUT2D eigenvalue weighted by Gasteiger charge is 2.31. The average molecular weight is 378 g/mol. The predicted molar refractivity (Wildman–Crippen MR) is 102 cm³/mol. The van der Waals surface area contributed by atoms with Crippen LogP contribution in [-0.4, -0.2) is 26.6 Å². The van der Waals surface area contributed by atoms with E-state index in [-0.39, 0.29) is 12.1 Å². The second-order valence-electron chi connectivity index (χ2n) is 6.20. The van der Waals surface area contributed by atoms with Crippen LogP contribution in [0, 0.1) is 19.7 Å². The SMILES string of the molecule is CC[C@H](C(=O)Nc1cccc(C)c1C)N(c1ccc(F)cc1)S(C)(=O)=O. The van der Waals surface area contributed by atoms with Gasteiger partial charge in [-0.15, -0.1) is 0 Å². The van der Waals surface area contributed by atoms with Crippen molar-refractivity contribution in [1.82, 2.24) is 0 Å². The maximum absolute atomic E-state index is 13.2. The lowest BCUT2D eigenvalue weighted by atomic mass is 10.1. The number of carbonyl (C=O) groups excluding carboxylic acids is 1. The zero-order chi connectivity index (χ0) is 19.5. The van der Waals surface area contributed by atoms with E-state index in [1.54, 1.807) is 13.0 Å². The van der Waals surface area contributed by atoms with E-state index >= 15 is 0 Å². The minimum absolute atomic E-state index is 0.247. The molecule has 0 unspecified atom stereocenters. The van der Waals surface area contributed by atoms with Crippen LogP contribution in [0.25, 0.3) is 0 Å². The minimum atomic E-state index is -3.75. The first-order valence-corrected chi connectivity index (χ1v) is 10.1. The second-order valence-corrected chi connectivity index (χ2v) is 8.06. The van der Waals surface area contributed by atoms with Crippen LogP contribution in [0.3, 0.4) is 0 Å². The Morgan fingerprint density at radius 3 is 2.31 bits per heavy atom. The molecule has 2 rings (SSSR count). The van der Waals surface area contributed by atoms with Crippen LogP contribution in [0.15, 0.2) is 42.5 Å². The fraction of sp³-hybridized carbons (Fsp3) is 0.316. The lowest BCUT2D eigenvalue weighted by molar-refractivity contribution is -0.117. The lowest BCUT2D eigenvalue weighted by Crippen LogP contribution is -2.47. The van der Waals surface area contributed by atoms with Crippen molar-refractivity contribution in [2.45, 2.75) is 33.2 Å². The number of amides is 1. The molecule has 0 bridgehead atoms. The first-order chi connectivity index (χ1) is 12.1. The summed E-state index contributed by atoms with van der Waals surface area (Å²) in [6.45, 7) is 5.55. The van der Waals surface area contributed by atoms with E-state index in [1.165, 1.54) is 24.3 Å². The fourth-order valence-corrected chi connectivity index (χ4v) is 3.96. The Hall–Kier alpha value is -2.41. The van der Waals surface area contributed by atoms with Gasteiger partial charge in [0, 0.05) is 5.69 Å². The third-order valence-electron chi connectivity index (χ3n) is 4.27. The van der Waals surface area contributed by atoms with Crippen LogP contribution in [-0.2, 0) is 14.8 Å². The number of halogens is 1. The molecule has 0 fully saturated rings. The van der Waals surface area contributed by atoms with Crippen molar-refractivity contribution in [3.63, 3.8) is 0 Å². The maximum atomic E-state index is 13.2. The van der Waals surface area contributed by atoms with Gasteiger partial charge < -0.3 is 5.32 Å². The number of aryl methyl sites for hydroxylation is 1. The van der Waals surface area contributed by atoms with Gasteiger partial charge >= 0.3 is 0 Å². The first-order valence-electron chi connectivity index (χ1n) is 8.27. The molecule has 1 N–H and O–H groups in total. The average Bonchev–Trinajstić information content (AvgIpc) is 2.56. The summed E-state index contributed by atoms with van der Waals surface area (Å²) in [6.07, 6.45) is 1.30. The van der Waals surface area contributed by atoms with Gasteiger partial charge in [0.05, 0.1) is 11.9 Å². The van der Waals surface area contributed by atoms with Crippen molar-refractivity contribution in [3.8, 4) is 0 Å². The third kappa shape index (κ3) is 4.40. The van der Waals surface area contributed by atoms with Crippen LogP contribution in [0.2, 0.25) is 0 Å². The Kier molecular flexibility index (Phi) is 6.02. The molecule has 2 aromatic rings. The molecule has 140 valence electrons. The summed E-state index contributed by atoms with van der Waals surface area (Å²) < 4.78 is 38.9. The number of hydrogen-bond donors (Lipinski definition) is 1. The van der Waals surface area contributed by atoms with Crippen LogP contribution in [0.4, 0.5) is 15.8 Å². The van der Waals surface area contributed by atoms with Crippen molar-refractivity contribution in [2.75, 3.05) is 15.9 Å². The number of sulfonamides is 1. The molecule has 0 spiro atoms. The fourth-order valence-electron chi connectivity index (χ4n) is 2.75. The molecule has 5 nitrogen and oxygen atoms in total. The maximum Gasteiger partial charge on any atom is 0.248 e. The van der Waals surface area contributed by atoms with Crippen molar-refractivity contribution in [3.05, 3.63) is 59.4 Å². The smallest absolute Gasteiger partial charge is 0.248 e. The molecule has 0 radical (unpaired) electrons. The van der Waals surface area contributed by atoms with Gasteiger partial charge in [-0.1, -0.05) is 19.1 Å². The van der Waals surface area contributed by atoms with E-state index in [0.717, 1.165) is 21.7 Å². The summed E-state index contributed by atoms with van der Waals surface area (Å²) in [7, 11) is -3.75. The molecular weight excluding hydrogens is 355 g/mol. The highest BCUT2D eigenvalue weighted by Crippen LogP contribution is 2.25. The first kappa shape index (κ1) is 19.9. The number of nitrogens with zero attached hydrogens (tertiary/aromatic N) is 1. The molecule has 7 heteroatoms. The summed E-state index contributed by atoms with van der Waals surface area (Å²) in [5.41, 5.74) is 2.83. The molecule has 2 aromatic carbocycles. The van der Waals surface area contributed by atoms with Crippen LogP contribution in [0.5, 0.6) is 0 Å². The number of carbonyl (C=O) groups is 1. The monoisotopic (exact) mass is 378 g/mol.